The highest BCUT2D eigenvalue weighted by Crippen LogP contribution is 2.22. The van der Waals surface area contributed by atoms with Crippen LogP contribution in [0.5, 0.6) is 5.75 Å². The number of aliphatic hydroxyl groups excluding tert-OH is 1. The van der Waals surface area contributed by atoms with Gasteiger partial charge in [-0.3, -0.25) is 4.79 Å². The van der Waals surface area contributed by atoms with Crippen LogP contribution in [-0.2, 0) is 9.53 Å². The summed E-state index contributed by atoms with van der Waals surface area (Å²) in [4.78, 5) is 15.0. The second-order valence-corrected chi connectivity index (χ2v) is 6.06. The molecule has 0 aromatic heterocycles. The predicted molar refractivity (Wildman–Crippen MR) is 81.7 cm³/mol. The molecule has 21 heavy (non-hydrogen) atoms. The SMILES string of the molecule is COc1ccc(SCC(=O)N2CC(C)OC(CO)C2)cc1. The lowest BCUT2D eigenvalue weighted by Crippen LogP contribution is -2.50. The number of carbonyl (C=O) groups excluding carboxylic acids is 1. The van der Waals surface area contributed by atoms with E-state index in [1.165, 1.54) is 11.8 Å². The summed E-state index contributed by atoms with van der Waals surface area (Å²) >= 11 is 1.50. The topological polar surface area (TPSA) is 59.0 Å². The molecular weight excluding hydrogens is 290 g/mol. The smallest absolute Gasteiger partial charge is 0.233 e. The summed E-state index contributed by atoms with van der Waals surface area (Å²) in [5, 5.41) is 9.19. The van der Waals surface area contributed by atoms with Gasteiger partial charge in [0.1, 0.15) is 5.75 Å². The van der Waals surface area contributed by atoms with Gasteiger partial charge in [-0.05, 0) is 31.2 Å². The third kappa shape index (κ3) is 4.62. The number of hydrogen-bond acceptors (Lipinski definition) is 5. The Labute approximate surface area is 129 Å². The Morgan fingerprint density at radius 3 is 2.76 bits per heavy atom. The van der Waals surface area contributed by atoms with Gasteiger partial charge in [-0.1, -0.05) is 0 Å². The van der Waals surface area contributed by atoms with Crippen LogP contribution >= 0.6 is 11.8 Å². The van der Waals surface area contributed by atoms with E-state index in [2.05, 4.69) is 0 Å². The van der Waals surface area contributed by atoms with E-state index in [1.807, 2.05) is 31.2 Å². The minimum atomic E-state index is -0.274. The number of aliphatic hydroxyl groups is 1. The van der Waals surface area contributed by atoms with Gasteiger partial charge in [0.25, 0.3) is 0 Å². The zero-order chi connectivity index (χ0) is 15.2. The summed E-state index contributed by atoms with van der Waals surface area (Å²) in [6, 6.07) is 7.64. The molecule has 0 bridgehead atoms. The number of benzene rings is 1. The fourth-order valence-electron chi connectivity index (χ4n) is 2.26. The zero-order valence-electron chi connectivity index (χ0n) is 12.3. The summed E-state index contributed by atoms with van der Waals surface area (Å²) in [5.41, 5.74) is 0. The van der Waals surface area contributed by atoms with Crippen molar-refractivity contribution in [2.24, 2.45) is 0 Å². The van der Waals surface area contributed by atoms with E-state index in [4.69, 9.17) is 9.47 Å². The van der Waals surface area contributed by atoms with E-state index in [0.717, 1.165) is 10.6 Å². The minimum absolute atomic E-state index is 0.0363. The Morgan fingerprint density at radius 2 is 2.14 bits per heavy atom. The van der Waals surface area contributed by atoms with E-state index >= 15 is 0 Å². The fourth-order valence-corrected chi connectivity index (χ4v) is 3.06. The molecule has 2 unspecified atom stereocenters. The molecule has 1 amide bonds. The van der Waals surface area contributed by atoms with Gasteiger partial charge >= 0.3 is 0 Å². The first-order valence-electron chi connectivity index (χ1n) is 6.93. The molecule has 116 valence electrons. The normalized spacial score (nSPS) is 22.1. The first kappa shape index (κ1) is 16.1. The number of morpholine rings is 1. The summed E-state index contributed by atoms with van der Waals surface area (Å²) in [5.74, 6) is 1.26. The van der Waals surface area contributed by atoms with Crippen molar-refractivity contribution in [3.8, 4) is 5.75 Å². The third-order valence-corrected chi connectivity index (χ3v) is 4.30. The second-order valence-electron chi connectivity index (χ2n) is 5.01. The summed E-state index contributed by atoms with van der Waals surface area (Å²) < 4.78 is 10.6. The van der Waals surface area contributed by atoms with E-state index in [-0.39, 0.29) is 24.7 Å². The van der Waals surface area contributed by atoms with E-state index in [1.54, 1.807) is 12.0 Å². The van der Waals surface area contributed by atoms with Gasteiger partial charge in [-0.2, -0.15) is 0 Å². The van der Waals surface area contributed by atoms with Gasteiger partial charge in [0.15, 0.2) is 0 Å². The standard InChI is InChI=1S/C15H21NO4S/c1-11-7-16(8-13(9-17)20-11)15(18)10-21-14-5-3-12(19-2)4-6-14/h3-6,11,13,17H,7-10H2,1-2H3. The van der Waals surface area contributed by atoms with Crippen molar-refractivity contribution in [2.45, 2.75) is 24.0 Å². The monoisotopic (exact) mass is 311 g/mol. The van der Waals surface area contributed by atoms with Crippen molar-refractivity contribution in [1.82, 2.24) is 4.90 Å². The van der Waals surface area contributed by atoms with Gasteiger partial charge in [-0.25, -0.2) is 0 Å². The van der Waals surface area contributed by atoms with E-state index in [0.29, 0.717) is 18.8 Å². The third-order valence-electron chi connectivity index (χ3n) is 3.30. The van der Waals surface area contributed by atoms with Crippen LogP contribution in [0.1, 0.15) is 6.92 Å². The molecule has 1 aliphatic heterocycles. The molecule has 1 saturated heterocycles. The van der Waals surface area contributed by atoms with Crippen LogP contribution in [0.2, 0.25) is 0 Å². The van der Waals surface area contributed by atoms with Gasteiger partial charge in [0, 0.05) is 18.0 Å². The molecular formula is C15H21NO4S. The highest BCUT2D eigenvalue weighted by Gasteiger charge is 2.27. The molecule has 1 heterocycles. The molecule has 0 aliphatic carbocycles. The van der Waals surface area contributed by atoms with Crippen LogP contribution in [0.25, 0.3) is 0 Å². The Kier molecular flexibility index (Phi) is 5.90. The van der Waals surface area contributed by atoms with Gasteiger partial charge in [0.2, 0.25) is 5.91 Å². The van der Waals surface area contributed by atoms with E-state index in [9.17, 15) is 9.90 Å². The molecule has 6 heteroatoms. The summed E-state index contributed by atoms with van der Waals surface area (Å²) in [6.45, 7) is 2.90. The highest BCUT2D eigenvalue weighted by molar-refractivity contribution is 8.00. The molecule has 0 saturated carbocycles. The van der Waals surface area contributed by atoms with Crippen molar-refractivity contribution in [2.75, 3.05) is 32.6 Å². The van der Waals surface area contributed by atoms with Crippen molar-refractivity contribution >= 4 is 17.7 Å². The van der Waals surface area contributed by atoms with Crippen LogP contribution < -0.4 is 4.74 Å². The molecule has 2 atom stereocenters. The Balaban J connectivity index is 1.85. The number of carbonyl (C=O) groups is 1. The molecule has 1 aliphatic rings. The maximum Gasteiger partial charge on any atom is 0.233 e. The van der Waals surface area contributed by atoms with Crippen molar-refractivity contribution < 1.29 is 19.4 Å². The quantitative estimate of drug-likeness (QED) is 0.833. The lowest BCUT2D eigenvalue weighted by molar-refractivity contribution is -0.144. The number of methoxy groups -OCH3 is 1. The van der Waals surface area contributed by atoms with Gasteiger partial charge in [-0.15, -0.1) is 11.8 Å². The van der Waals surface area contributed by atoms with Gasteiger partial charge < -0.3 is 19.5 Å². The first-order valence-corrected chi connectivity index (χ1v) is 7.92. The van der Waals surface area contributed by atoms with Crippen molar-refractivity contribution in [1.29, 1.82) is 0 Å². The van der Waals surface area contributed by atoms with Crippen molar-refractivity contribution in [3.63, 3.8) is 0 Å². The lowest BCUT2D eigenvalue weighted by atomic mass is 10.2. The molecule has 1 fully saturated rings. The molecule has 2 rings (SSSR count). The number of rotatable bonds is 5. The van der Waals surface area contributed by atoms with Crippen LogP contribution in [-0.4, -0.2) is 60.7 Å². The van der Waals surface area contributed by atoms with E-state index < -0.39 is 0 Å². The average molecular weight is 311 g/mol. The number of nitrogens with zero attached hydrogens (tertiary/aromatic N) is 1. The predicted octanol–water partition coefficient (Wildman–Crippen LogP) is 1.40. The maximum absolute atomic E-state index is 12.2. The second kappa shape index (κ2) is 7.68. The highest BCUT2D eigenvalue weighted by atomic mass is 32.2. The van der Waals surface area contributed by atoms with Crippen molar-refractivity contribution in [3.05, 3.63) is 24.3 Å². The number of hydrogen-bond donors (Lipinski definition) is 1. The summed E-state index contributed by atoms with van der Waals surface area (Å²) in [7, 11) is 1.63. The van der Waals surface area contributed by atoms with Crippen LogP contribution in [0, 0.1) is 0 Å². The average Bonchev–Trinajstić information content (AvgIpc) is 2.52. The number of amides is 1. The van der Waals surface area contributed by atoms with Crippen LogP contribution in [0.15, 0.2) is 29.2 Å². The summed E-state index contributed by atoms with van der Waals surface area (Å²) in [6.07, 6.45) is -0.311. The molecule has 1 aromatic rings. The van der Waals surface area contributed by atoms with Crippen LogP contribution in [0.4, 0.5) is 0 Å². The molecule has 5 nitrogen and oxygen atoms in total. The first-order chi connectivity index (χ1) is 10.1. The molecule has 1 aromatic carbocycles. The largest absolute Gasteiger partial charge is 0.497 e. The fraction of sp³-hybridized carbons (Fsp3) is 0.533. The Hall–Kier alpha value is -1.24. The number of ether oxygens (including phenoxy) is 2. The van der Waals surface area contributed by atoms with Crippen LogP contribution in [0.3, 0.4) is 0 Å². The zero-order valence-corrected chi connectivity index (χ0v) is 13.1. The lowest BCUT2D eigenvalue weighted by Gasteiger charge is -2.36. The number of thioether (sulfide) groups is 1. The molecule has 0 radical (unpaired) electrons. The molecule has 0 spiro atoms. The maximum atomic E-state index is 12.2. The minimum Gasteiger partial charge on any atom is -0.497 e. The molecule has 1 N–H and O–H groups in total. The Morgan fingerprint density at radius 1 is 1.43 bits per heavy atom. The van der Waals surface area contributed by atoms with Gasteiger partial charge in [0.05, 0.1) is 31.7 Å². The Bertz CT molecular complexity index is 465.